The molecule has 0 spiro atoms. The van der Waals surface area contributed by atoms with Gasteiger partial charge in [0.15, 0.2) is 0 Å². The van der Waals surface area contributed by atoms with Gasteiger partial charge < -0.3 is 13.7 Å². The zero-order chi connectivity index (χ0) is 22.2. The molecule has 0 heterocycles. The Labute approximate surface area is 186 Å². The van der Waals surface area contributed by atoms with Gasteiger partial charge in [0, 0.05) is 13.2 Å². The van der Waals surface area contributed by atoms with E-state index in [1.165, 1.54) is 12.1 Å². The Hall–Kier alpha value is -1.82. The van der Waals surface area contributed by atoms with E-state index >= 15 is 0 Å². The van der Waals surface area contributed by atoms with Crippen molar-refractivity contribution < 1.29 is 34.6 Å². The van der Waals surface area contributed by atoms with Crippen LogP contribution in [0, 0.1) is 0 Å². The van der Waals surface area contributed by atoms with E-state index in [1.54, 1.807) is 42.5 Å². The van der Waals surface area contributed by atoms with Crippen molar-refractivity contribution in [1.82, 2.24) is 0 Å². The molecule has 2 aromatic carbocycles. The zero-order valence-corrected chi connectivity index (χ0v) is 18.9. The van der Waals surface area contributed by atoms with E-state index in [1.807, 2.05) is 6.07 Å². The fourth-order valence-electron chi connectivity index (χ4n) is 2.32. The molecule has 2 aromatic rings. The van der Waals surface area contributed by atoms with Gasteiger partial charge in [-0.3, -0.25) is 8.37 Å². The summed E-state index contributed by atoms with van der Waals surface area (Å²) < 4.78 is 61.3. The highest BCUT2D eigenvalue weighted by molar-refractivity contribution is 7.86. The van der Waals surface area contributed by atoms with E-state index in [0.29, 0.717) is 44.8 Å². The lowest BCUT2D eigenvalue weighted by Gasteiger charge is -2.07. The third-order valence-corrected chi connectivity index (χ3v) is 5.90. The largest absolute Gasteiger partial charge is 0.380 e. The topological polar surface area (TPSA) is 97.4 Å². The highest BCUT2D eigenvalue weighted by atomic mass is 32.2. The first-order valence-electron chi connectivity index (χ1n) is 9.96. The van der Waals surface area contributed by atoms with Crippen LogP contribution >= 0.6 is 0 Å². The number of ether oxygens (including phenoxy) is 2. The van der Waals surface area contributed by atoms with Crippen LogP contribution in [0.4, 0.5) is 0 Å². The summed E-state index contributed by atoms with van der Waals surface area (Å²) in [7, 11) is -3.70. The van der Waals surface area contributed by atoms with E-state index in [4.69, 9.17) is 22.0 Å². The van der Waals surface area contributed by atoms with E-state index < -0.39 is 21.5 Å². The van der Waals surface area contributed by atoms with Gasteiger partial charge in [0.2, 0.25) is 0 Å². The maximum Gasteiger partial charge on any atom is 0.360 e. The van der Waals surface area contributed by atoms with Crippen molar-refractivity contribution in [3.8, 4) is 5.75 Å². The van der Waals surface area contributed by atoms with E-state index in [9.17, 15) is 12.6 Å². The van der Waals surface area contributed by atoms with E-state index in [0.717, 1.165) is 6.42 Å². The maximum atomic E-state index is 11.9. The van der Waals surface area contributed by atoms with Crippen LogP contribution < -0.4 is 4.18 Å². The summed E-state index contributed by atoms with van der Waals surface area (Å²) in [6.07, 6.45) is 2.63. The Morgan fingerprint density at radius 1 is 0.710 bits per heavy atom. The quantitative estimate of drug-likeness (QED) is 0.196. The summed E-state index contributed by atoms with van der Waals surface area (Å²) in [6, 6.07) is 16.9. The molecule has 0 fully saturated rings. The van der Waals surface area contributed by atoms with Crippen LogP contribution in [-0.2, 0) is 39.3 Å². The molecule has 8 nitrogen and oxygen atoms in total. The van der Waals surface area contributed by atoms with Crippen molar-refractivity contribution in [3.63, 3.8) is 0 Å². The molecular formula is C21H28O8S2. The van der Waals surface area contributed by atoms with Crippen LogP contribution in [0.3, 0.4) is 0 Å². The molecule has 0 aromatic heterocycles. The SMILES string of the molecule is O=S(OCCCCOCOCCCCOS(=O)(=O)c1ccccc1)Oc1ccccc1. The molecule has 0 aliphatic heterocycles. The molecule has 0 saturated heterocycles. The minimum absolute atomic E-state index is 0.108. The van der Waals surface area contributed by atoms with Crippen molar-refractivity contribution >= 4 is 21.5 Å². The number of unbranched alkanes of at least 4 members (excludes halogenated alkanes) is 2. The zero-order valence-electron chi connectivity index (χ0n) is 17.2. The summed E-state index contributed by atoms with van der Waals surface area (Å²) in [5.74, 6) is 0.491. The first kappa shape index (κ1) is 25.4. The second kappa shape index (κ2) is 15.1. The van der Waals surface area contributed by atoms with Gasteiger partial charge in [0.05, 0.1) is 18.1 Å². The van der Waals surface area contributed by atoms with Crippen LogP contribution in [-0.4, -0.2) is 45.8 Å². The van der Waals surface area contributed by atoms with Crippen LogP contribution in [0.15, 0.2) is 65.6 Å². The molecule has 172 valence electrons. The molecule has 1 atom stereocenters. The maximum absolute atomic E-state index is 11.9. The highest BCUT2D eigenvalue weighted by Crippen LogP contribution is 2.12. The van der Waals surface area contributed by atoms with Gasteiger partial charge >= 0.3 is 11.4 Å². The van der Waals surface area contributed by atoms with Crippen LogP contribution in [0.25, 0.3) is 0 Å². The predicted molar refractivity (Wildman–Crippen MR) is 116 cm³/mol. The van der Waals surface area contributed by atoms with Gasteiger partial charge in [0.25, 0.3) is 10.1 Å². The van der Waals surface area contributed by atoms with Crippen molar-refractivity contribution in [1.29, 1.82) is 0 Å². The Balaban J connectivity index is 1.36. The molecule has 1 unspecified atom stereocenters. The van der Waals surface area contributed by atoms with Crippen molar-refractivity contribution in [2.75, 3.05) is 33.2 Å². The minimum atomic E-state index is -3.70. The average molecular weight is 473 g/mol. The molecule has 2 rings (SSSR count). The fourth-order valence-corrected chi connectivity index (χ4v) is 3.85. The standard InChI is InChI=1S/C21H28O8S2/c22-30(29-20-11-3-1-4-12-20)27-17-9-7-15-25-19-26-16-8-10-18-28-31(23,24)21-13-5-2-6-14-21/h1-6,11-14H,7-10,15-19H2. The number of hydrogen-bond acceptors (Lipinski definition) is 8. The molecular weight excluding hydrogens is 444 g/mol. The number of rotatable bonds is 17. The average Bonchev–Trinajstić information content (AvgIpc) is 2.78. The molecule has 0 N–H and O–H groups in total. The molecule has 0 bridgehead atoms. The minimum Gasteiger partial charge on any atom is -0.380 e. The van der Waals surface area contributed by atoms with Gasteiger partial charge in [-0.2, -0.15) is 12.6 Å². The summed E-state index contributed by atoms with van der Waals surface area (Å²) in [5.41, 5.74) is 0. The Morgan fingerprint density at radius 3 is 1.90 bits per heavy atom. The van der Waals surface area contributed by atoms with E-state index in [2.05, 4.69) is 0 Å². The second-order valence-electron chi connectivity index (χ2n) is 6.36. The normalized spacial score (nSPS) is 12.5. The monoisotopic (exact) mass is 472 g/mol. The molecule has 31 heavy (non-hydrogen) atoms. The summed E-state index contributed by atoms with van der Waals surface area (Å²) in [5, 5.41) is 0. The van der Waals surface area contributed by atoms with Crippen LogP contribution in [0.2, 0.25) is 0 Å². The number of benzene rings is 2. The summed E-state index contributed by atoms with van der Waals surface area (Å²) in [6.45, 7) is 1.51. The number of para-hydroxylation sites is 1. The third-order valence-electron chi connectivity index (χ3n) is 3.89. The fraction of sp³-hybridized carbons (Fsp3) is 0.429. The lowest BCUT2D eigenvalue weighted by molar-refractivity contribution is -0.0562. The molecule has 0 saturated carbocycles. The summed E-state index contributed by atoms with van der Waals surface area (Å²) in [4.78, 5) is 0.153. The molecule has 0 amide bonds. The Bertz CT molecular complexity index is 844. The van der Waals surface area contributed by atoms with Crippen LogP contribution in [0.1, 0.15) is 25.7 Å². The van der Waals surface area contributed by atoms with Crippen LogP contribution in [0.5, 0.6) is 5.75 Å². The highest BCUT2D eigenvalue weighted by Gasteiger charge is 2.13. The first-order valence-corrected chi connectivity index (χ1v) is 12.4. The van der Waals surface area contributed by atoms with Gasteiger partial charge in [0.1, 0.15) is 12.5 Å². The first-order chi connectivity index (χ1) is 15.1. The van der Waals surface area contributed by atoms with Crippen molar-refractivity contribution in [3.05, 3.63) is 60.7 Å². The van der Waals surface area contributed by atoms with Crippen molar-refractivity contribution in [2.45, 2.75) is 30.6 Å². The molecule has 0 aliphatic rings. The van der Waals surface area contributed by atoms with Gasteiger partial charge in [-0.25, -0.2) is 0 Å². The van der Waals surface area contributed by atoms with Gasteiger partial charge in [-0.05, 0) is 49.9 Å². The third kappa shape index (κ3) is 11.4. The van der Waals surface area contributed by atoms with E-state index in [-0.39, 0.29) is 18.3 Å². The summed E-state index contributed by atoms with van der Waals surface area (Å²) >= 11 is -1.82. The van der Waals surface area contributed by atoms with Crippen molar-refractivity contribution in [2.24, 2.45) is 0 Å². The Kier molecular flexibility index (Phi) is 12.4. The Morgan fingerprint density at radius 2 is 1.26 bits per heavy atom. The second-order valence-corrected chi connectivity index (χ2v) is 8.79. The van der Waals surface area contributed by atoms with Gasteiger partial charge in [-0.15, -0.1) is 0 Å². The number of hydrogen-bond donors (Lipinski definition) is 0. The lowest BCUT2D eigenvalue weighted by Crippen LogP contribution is -2.09. The van der Waals surface area contributed by atoms with Gasteiger partial charge in [-0.1, -0.05) is 36.4 Å². The molecule has 0 aliphatic carbocycles. The molecule has 0 radical (unpaired) electrons. The smallest absolute Gasteiger partial charge is 0.360 e. The predicted octanol–water partition coefficient (Wildman–Crippen LogP) is 3.62. The molecule has 10 heteroatoms. The lowest BCUT2D eigenvalue weighted by atomic mass is 10.3.